The quantitative estimate of drug-likeness (QED) is 0.121. The van der Waals surface area contributed by atoms with E-state index in [4.69, 9.17) is 9.47 Å². The number of aliphatic hydroxyl groups excluding tert-OH is 1. The molecule has 43 heavy (non-hydrogen) atoms. The van der Waals surface area contributed by atoms with Crippen LogP contribution in [0.25, 0.3) is 0 Å². The van der Waals surface area contributed by atoms with Crippen molar-refractivity contribution in [3.8, 4) is 0 Å². The van der Waals surface area contributed by atoms with E-state index in [1.807, 2.05) is 17.9 Å². The molecule has 3 saturated heterocycles. The van der Waals surface area contributed by atoms with Crippen LogP contribution in [0.3, 0.4) is 0 Å². The highest BCUT2D eigenvalue weighted by Crippen LogP contribution is 2.64. The minimum absolute atomic E-state index is 0.0307. The number of hydrogen-bond acceptors (Lipinski definition) is 6. The Labute approximate surface area is 260 Å². The van der Waals surface area contributed by atoms with Crippen LogP contribution in [0.2, 0.25) is 0 Å². The number of esters is 1. The van der Waals surface area contributed by atoms with Crippen LogP contribution in [0.15, 0.2) is 25.3 Å². The first-order valence-electron chi connectivity index (χ1n) is 16.6. The first-order chi connectivity index (χ1) is 20.2. The normalized spacial score (nSPS) is 28.2. The number of likely N-dealkylation sites (tertiary alicyclic amines) is 1. The van der Waals surface area contributed by atoms with E-state index in [2.05, 4.69) is 47.8 Å². The van der Waals surface area contributed by atoms with Crippen molar-refractivity contribution in [2.24, 2.45) is 17.3 Å². The largest absolute Gasteiger partial charge is 0.465 e. The van der Waals surface area contributed by atoms with Gasteiger partial charge >= 0.3 is 5.97 Å². The molecule has 3 heterocycles. The molecule has 0 aromatic carbocycles. The van der Waals surface area contributed by atoms with Crippen LogP contribution < -0.4 is 0 Å². The molecule has 3 aliphatic heterocycles. The topological polar surface area (TPSA) is 96.4 Å². The Hall–Kier alpha value is -2.19. The second-order valence-corrected chi connectivity index (χ2v) is 14.7. The maximum absolute atomic E-state index is 14.9. The molecule has 3 rings (SSSR count). The van der Waals surface area contributed by atoms with E-state index in [0.29, 0.717) is 51.8 Å². The summed E-state index contributed by atoms with van der Waals surface area (Å²) in [6, 6.07) is -0.819. The lowest BCUT2D eigenvalue weighted by atomic mass is 9.65. The zero-order valence-electron chi connectivity index (χ0n) is 27.8. The van der Waals surface area contributed by atoms with Crippen molar-refractivity contribution in [1.82, 2.24) is 9.80 Å². The van der Waals surface area contributed by atoms with Crippen LogP contribution in [0, 0.1) is 17.3 Å². The van der Waals surface area contributed by atoms with Crippen molar-refractivity contribution < 1.29 is 29.0 Å². The molecular weight excluding hydrogens is 544 g/mol. The number of fused-ring (bicyclic) bond motifs is 1. The van der Waals surface area contributed by atoms with Crippen molar-refractivity contribution >= 4 is 17.8 Å². The van der Waals surface area contributed by atoms with Crippen LogP contribution in [-0.4, -0.2) is 81.8 Å². The number of nitrogens with zero attached hydrogens (tertiary/aromatic N) is 2. The third-order valence-corrected chi connectivity index (χ3v) is 9.79. The molecular formula is C35H58N2O6. The summed E-state index contributed by atoms with van der Waals surface area (Å²) in [5.41, 5.74) is -2.42. The lowest BCUT2D eigenvalue weighted by Crippen LogP contribution is -2.61. The van der Waals surface area contributed by atoms with Crippen molar-refractivity contribution in [2.45, 2.75) is 135 Å². The summed E-state index contributed by atoms with van der Waals surface area (Å²) in [7, 11) is 0. The highest BCUT2D eigenvalue weighted by molar-refractivity contribution is 5.98. The van der Waals surface area contributed by atoms with Gasteiger partial charge in [0.05, 0.1) is 18.1 Å². The number of unbranched alkanes of at least 4 members (excludes halogenated alkanes) is 5. The first kappa shape index (κ1) is 35.3. The van der Waals surface area contributed by atoms with Gasteiger partial charge in [0.15, 0.2) is 0 Å². The molecule has 2 bridgehead atoms. The summed E-state index contributed by atoms with van der Waals surface area (Å²) in [5.74, 6) is -2.16. The predicted octanol–water partition coefficient (Wildman–Crippen LogP) is 5.82. The molecule has 0 aromatic heterocycles. The zero-order valence-corrected chi connectivity index (χ0v) is 27.8. The molecule has 3 fully saturated rings. The van der Waals surface area contributed by atoms with Gasteiger partial charge in [-0.2, -0.15) is 0 Å². The van der Waals surface area contributed by atoms with Crippen molar-refractivity contribution in [2.75, 3.05) is 26.3 Å². The Kier molecular flexibility index (Phi) is 11.7. The highest BCUT2D eigenvalue weighted by atomic mass is 16.6. The van der Waals surface area contributed by atoms with E-state index >= 15 is 0 Å². The Bertz CT molecular complexity index is 1020. The minimum Gasteiger partial charge on any atom is -0.465 e. The molecule has 5 atom stereocenters. The maximum Gasteiger partial charge on any atom is 0.312 e. The summed E-state index contributed by atoms with van der Waals surface area (Å²) in [4.78, 5) is 46.7. The number of aliphatic hydroxyl groups is 1. The highest BCUT2D eigenvalue weighted by Gasteiger charge is 2.79. The summed E-state index contributed by atoms with van der Waals surface area (Å²) in [6.45, 7) is 21.6. The van der Waals surface area contributed by atoms with Crippen molar-refractivity contribution in [1.29, 1.82) is 0 Å². The number of amides is 2. The second-order valence-electron chi connectivity index (χ2n) is 14.7. The Morgan fingerprint density at radius 1 is 1.07 bits per heavy atom. The summed E-state index contributed by atoms with van der Waals surface area (Å²) in [6.07, 6.45) is 11.7. The monoisotopic (exact) mass is 602 g/mol. The molecule has 8 nitrogen and oxygen atoms in total. The maximum atomic E-state index is 14.9. The fourth-order valence-corrected chi connectivity index (χ4v) is 8.30. The molecule has 1 N–H and O–H groups in total. The molecule has 3 aliphatic rings. The number of hydrogen-bond donors (Lipinski definition) is 1. The summed E-state index contributed by atoms with van der Waals surface area (Å²) in [5, 5.41) is 9.23. The van der Waals surface area contributed by atoms with Gasteiger partial charge in [-0.1, -0.05) is 52.7 Å². The van der Waals surface area contributed by atoms with Crippen LogP contribution in [0.4, 0.5) is 0 Å². The molecule has 2 unspecified atom stereocenters. The van der Waals surface area contributed by atoms with Crippen LogP contribution in [-0.2, 0) is 23.9 Å². The lowest BCUT2D eigenvalue weighted by Gasteiger charge is -2.45. The average molecular weight is 603 g/mol. The van der Waals surface area contributed by atoms with Gasteiger partial charge in [-0.25, -0.2) is 0 Å². The standard InChI is InChI=1S/C35H58N2O6/c1-9-12-13-18-24-42-31(41)27-26-29(39)36(22-16-14-15-17-23-38)28(35(26)20-19-34(27,11-3)43-35)30(40)37(21-10-2)33(7,8)25-32(4,5)6/h9-10,26-28,38H,1-2,11-25H2,3-8H3/t26-,27-,28?,34+,35?/m0/s1. The van der Waals surface area contributed by atoms with Gasteiger partial charge in [0.1, 0.15) is 17.6 Å². The van der Waals surface area contributed by atoms with E-state index in [1.54, 1.807) is 11.0 Å². The number of rotatable bonds is 18. The summed E-state index contributed by atoms with van der Waals surface area (Å²) >= 11 is 0. The third-order valence-electron chi connectivity index (χ3n) is 9.79. The zero-order chi connectivity index (χ0) is 32.1. The molecule has 2 amide bonds. The first-order valence-corrected chi connectivity index (χ1v) is 16.6. The van der Waals surface area contributed by atoms with Gasteiger partial charge in [-0.15, -0.1) is 13.2 Å². The number of carbonyl (C=O) groups excluding carboxylic acids is 3. The summed E-state index contributed by atoms with van der Waals surface area (Å²) < 4.78 is 12.7. The Morgan fingerprint density at radius 3 is 2.37 bits per heavy atom. The molecule has 0 saturated carbocycles. The van der Waals surface area contributed by atoms with E-state index in [0.717, 1.165) is 38.5 Å². The Morgan fingerprint density at radius 2 is 1.77 bits per heavy atom. The fraction of sp³-hybridized carbons (Fsp3) is 0.800. The predicted molar refractivity (Wildman–Crippen MR) is 169 cm³/mol. The van der Waals surface area contributed by atoms with Gasteiger partial charge in [0, 0.05) is 25.2 Å². The minimum atomic E-state index is -1.07. The Balaban J connectivity index is 2.01. The number of carbonyl (C=O) groups is 3. The van der Waals surface area contributed by atoms with E-state index in [-0.39, 0.29) is 29.8 Å². The fourth-order valence-electron chi connectivity index (χ4n) is 8.30. The number of allylic oxidation sites excluding steroid dienone is 1. The molecule has 8 heteroatoms. The molecule has 244 valence electrons. The third kappa shape index (κ3) is 7.22. The SMILES string of the molecule is C=CCCCCOC(=O)[C@@H]1[C@H]2C(=O)N(CCCCCCO)C(C(=O)N(CC=C)C(C)(C)CC(C)(C)C)C23CC[C@@]1(CC)O3. The van der Waals surface area contributed by atoms with Crippen molar-refractivity contribution in [3.05, 3.63) is 25.3 Å². The molecule has 0 aromatic rings. The lowest BCUT2D eigenvalue weighted by molar-refractivity contribution is -0.163. The van der Waals surface area contributed by atoms with Gasteiger partial charge in [-0.05, 0) is 77.0 Å². The van der Waals surface area contributed by atoms with Gasteiger partial charge < -0.3 is 24.4 Å². The van der Waals surface area contributed by atoms with Gasteiger partial charge in [-0.3, -0.25) is 14.4 Å². The smallest absolute Gasteiger partial charge is 0.312 e. The van der Waals surface area contributed by atoms with Crippen molar-refractivity contribution in [3.63, 3.8) is 0 Å². The molecule has 1 spiro atoms. The molecule has 0 radical (unpaired) electrons. The van der Waals surface area contributed by atoms with E-state index < -0.39 is 34.6 Å². The van der Waals surface area contributed by atoms with E-state index in [1.165, 1.54) is 0 Å². The van der Waals surface area contributed by atoms with Gasteiger partial charge in [0.2, 0.25) is 11.8 Å². The van der Waals surface area contributed by atoms with E-state index in [9.17, 15) is 19.5 Å². The van der Waals surface area contributed by atoms with Crippen LogP contribution in [0.5, 0.6) is 0 Å². The van der Waals surface area contributed by atoms with Crippen LogP contribution >= 0.6 is 0 Å². The van der Waals surface area contributed by atoms with Gasteiger partial charge in [0.25, 0.3) is 0 Å². The molecule has 0 aliphatic carbocycles. The van der Waals surface area contributed by atoms with Crippen LogP contribution in [0.1, 0.15) is 112 Å². The second kappa shape index (κ2) is 14.3. The average Bonchev–Trinajstić information content (AvgIpc) is 3.53. The number of ether oxygens (including phenoxy) is 2.